The van der Waals surface area contributed by atoms with Crippen LogP contribution in [0.5, 0.6) is 0 Å². The molecule has 1 aromatic carbocycles. The fourth-order valence-corrected chi connectivity index (χ4v) is 2.43. The van der Waals surface area contributed by atoms with Crippen LogP contribution in [0.15, 0.2) is 24.3 Å². The molecule has 3 nitrogen and oxygen atoms in total. The van der Waals surface area contributed by atoms with Crippen LogP contribution in [0.25, 0.3) is 0 Å². The van der Waals surface area contributed by atoms with E-state index in [4.69, 9.17) is 4.74 Å². The second kappa shape index (κ2) is 7.13. The van der Waals surface area contributed by atoms with Crippen LogP contribution in [-0.4, -0.2) is 25.7 Å². The number of hydrogen-bond acceptors (Lipinski definition) is 2. The Morgan fingerprint density at radius 1 is 1.32 bits per heavy atom. The van der Waals surface area contributed by atoms with Crippen molar-refractivity contribution in [3.05, 3.63) is 35.4 Å². The van der Waals surface area contributed by atoms with E-state index in [-0.39, 0.29) is 17.7 Å². The number of rotatable bonds is 7. The number of benzene rings is 1. The topological polar surface area (TPSA) is 38.3 Å². The lowest BCUT2D eigenvalue weighted by molar-refractivity contribution is -0.137. The molecule has 2 unspecified atom stereocenters. The number of halogens is 3. The molecule has 2 rings (SSSR count). The minimum atomic E-state index is -4.32. The van der Waals surface area contributed by atoms with Gasteiger partial charge in [0.15, 0.2) is 0 Å². The second-order valence-electron chi connectivity index (χ2n) is 5.41. The summed E-state index contributed by atoms with van der Waals surface area (Å²) >= 11 is 0. The number of alkyl halides is 3. The van der Waals surface area contributed by atoms with Crippen molar-refractivity contribution >= 4 is 5.91 Å². The molecular weight excluding hydrogens is 295 g/mol. The highest BCUT2D eigenvalue weighted by molar-refractivity contribution is 5.82. The molecule has 0 saturated heterocycles. The van der Waals surface area contributed by atoms with Crippen molar-refractivity contribution in [3.63, 3.8) is 0 Å². The molecule has 0 radical (unpaired) electrons. The Bertz CT molecular complexity index is 499. The third-order valence-corrected chi connectivity index (χ3v) is 3.76. The Kier molecular flexibility index (Phi) is 5.45. The Morgan fingerprint density at radius 3 is 2.59 bits per heavy atom. The lowest BCUT2D eigenvalue weighted by Gasteiger charge is -2.08. The van der Waals surface area contributed by atoms with Crippen molar-refractivity contribution in [1.82, 2.24) is 5.32 Å². The first-order valence-electron chi connectivity index (χ1n) is 7.46. The number of amides is 1. The molecule has 1 aliphatic rings. The molecule has 1 amide bonds. The van der Waals surface area contributed by atoms with Gasteiger partial charge in [0.05, 0.1) is 5.56 Å². The van der Waals surface area contributed by atoms with E-state index in [9.17, 15) is 18.0 Å². The Balaban J connectivity index is 1.78. The fraction of sp³-hybridized carbons (Fsp3) is 0.562. The van der Waals surface area contributed by atoms with E-state index in [0.29, 0.717) is 26.2 Å². The molecule has 1 fully saturated rings. The van der Waals surface area contributed by atoms with E-state index < -0.39 is 11.7 Å². The largest absolute Gasteiger partial charge is 0.416 e. The van der Waals surface area contributed by atoms with Crippen molar-refractivity contribution in [2.45, 2.75) is 31.9 Å². The van der Waals surface area contributed by atoms with Gasteiger partial charge in [-0.1, -0.05) is 12.1 Å². The molecule has 1 aromatic rings. The normalized spacial score (nSPS) is 20.7. The SMILES string of the molecule is CCOCCCNC(=O)C1CC1c1ccc(C(F)(F)F)cc1. The second-order valence-corrected chi connectivity index (χ2v) is 5.41. The van der Waals surface area contributed by atoms with Crippen molar-refractivity contribution in [2.24, 2.45) is 5.92 Å². The number of carbonyl (C=O) groups excluding carboxylic acids is 1. The quantitative estimate of drug-likeness (QED) is 0.784. The third-order valence-electron chi connectivity index (χ3n) is 3.76. The molecule has 0 spiro atoms. The fourth-order valence-electron chi connectivity index (χ4n) is 2.43. The zero-order chi connectivity index (χ0) is 16.2. The molecule has 0 heterocycles. The minimum absolute atomic E-state index is 0.0265. The van der Waals surface area contributed by atoms with E-state index in [1.165, 1.54) is 12.1 Å². The molecule has 122 valence electrons. The predicted molar refractivity (Wildman–Crippen MR) is 76.4 cm³/mol. The van der Waals surface area contributed by atoms with Crippen LogP contribution in [-0.2, 0) is 15.7 Å². The maximum absolute atomic E-state index is 12.5. The molecule has 1 aliphatic carbocycles. The van der Waals surface area contributed by atoms with Gasteiger partial charge in [-0.3, -0.25) is 4.79 Å². The van der Waals surface area contributed by atoms with E-state index in [1.54, 1.807) is 0 Å². The lowest BCUT2D eigenvalue weighted by Crippen LogP contribution is -2.27. The summed E-state index contributed by atoms with van der Waals surface area (Å²) in [7, 11) is 0. The number of hydrogen-bond donors (Lipinski definition) is 1. The lowest BCUT2D eigenvalue weighted by atomic mass is 10.1. The van der Waals surface area contributed by atoms with Gasteiger partial charge in [-0.05, 0) is 43.4 Å². The highest BCUT2D eigenvalue weighted by Gasteiger charge is 2.44. The highest BCUT2D eigenvalue weighted by Crippen LogP contribution is 2.47. The standard InChI is InChI=1S/C16H20F3NO2/c1-2-22-9-3-8-20-15(21)14-10-13(14)11-4-6-12(7-5-11)16(17,18)19/h4-7,13-14H,2-3,8-10H2,1H3,(H,20,21). The summed E-state index contributed by atoms with van der Waals surface area (Å²) in [4.78, 5) is 11.9. The average Bonchev–Trinajstić information content (AvgIpc) is 3.26. The summed E-state index contributed by atoms with van der Waals surface area (Å²) in [6, 6.07) is 5.08. The van der Waals surface area contributed by atoms with Gasteiger partial charge < -0.3 is 10.1 Å². The van der Waals surface area contributed by atoms with Crippen LogP contribution in [0, 0.1) is 5.92 Å². The smallest absolute Gasteiger partial charge is 0.382 e. The Labute approximate surface area is 127 Å². The van der Waals surface area contributed by atoms with Gasteiger partial charge in [0.2, 0.25) is 5.91 Å². The molecule has 0 aromatic heterocycles. The summed E-state index contributed by atoms with van der Waals surface area (Å²) in [5.41, 5.74) is 0.135. The van der Waals surface area contributed by atoms with Gasteiger partial charge >= 0.3 is 6.18 Å². The molecule has 22 heavy (non-hydrogen) atoms. The van der Waals surface area contributed by atoms with E-state index in [0.717, 1.165) is 24.1 Å². The van der Waals surface area contributed by atoms with Crippen LogP contribution < -0.4 is 5.32 Å². The molecule has 1 N–H and O–H groups in total. The number of carbonyl (C=O) groups is 1. The van der Waals surface area contributed by atoms with E-state index in [2.05, 4.69) is 5.32 Å². The van der Waals surface area contributed by atoms with Gasteiger partial charge in [-0.15, -0.1) is 0 Å². The average molecular weight is 315 g/mol. The molecule has 6 heteroatoms. The number of ether oxygens (including phenoxy) is 1. The van der Waals surface area contributed by atoms with Crippen molar-refractivity contribution in [3.8, 4) is 0 Å². The van der Waals surface area contributed by atoms with Gasteiger partial charge in [0.1, 0.15) is 0 Å². The number of nitrogens with one attached hydrogen (secondary N) is 1. The maximum atomic E-state index is 12.5. The summed E-state index contributed by atoms with van der Waals surface area (Å²) in [6.45, 7) is 3.75. The monoisotopic (exact) mass is 315 g/mol. The zero-order valence-corrected chi connectivity index (χ0v) is 12.5. The maximum Gasteiger partial charge on any atom is 0.416 e. The van der Waals surface area contributed by atoms with Crippen molar-refractivity contribution in [2.75, 3.05) is 19.8 Å². The van der Waals surface area contributed by atoms with Crippen LogP contribution in [0.1, 0.15) is 36.8 Å². The zero-order valence-electron chi connectivity index (χ0n) is 12.5. The van der Waals surface area contributed by atoms with E-state index >= 15 is 0 Å². The Hall–Kier alpha value is -1.56. The van der Waals surface area contributed by atoms with Crippen molar-refractivity contribution < 1.29 is 22.7 Å². The van der Waals surface area contributed by atoms with Crippen LogP contribution >= 0.6 is 0 Å². The Morgan fingerprint density at radius 2 is 2.00 bits per heavy atom. The van der Waals surface area contributed by atoms with E-state index in [1.807, 2.05) is 6.92 Å². The van der Waals surface area contributed by atoms with Crippen LogP contribution in [0.3, 0.4) is 0 Å². The first kappa shape index (κ1) is 16.8. The minimum Gasteiger partial charge on any atom is -0.382 e. The first-order valence-corrected chi connectivity index (χ1v) is 7.46. The van der Waals surface area contributed by atoms with Crippen LogP contribution in [0.4, 0.5) is 13.2 Å². The molecular formula is C16H20F3NO2. The predicted octanol–water partition coefficient (Wildman–Crippen LogP) is 3.35. The summed E-state index contributed by atoms with van der Waals surface area (Å²) in [6.07, 6.45) is -2.86. The van der Waals surface area contributed by atoms with Crippen LogP contribution in [0.2, 0.25) is 0 Å². The van der Waals surface area contributed by atoms with Crippen molar-refractivity contribution in [1.29, 1.82) is 0 Å². The molecule has 1 saturated carbocycles. The van der Waals surface area contributed by atoms with Gasteiger partial charge in [0.25, 0.3) is 0 Å². The molecule has 0 bridgehead atoms. The highest BCUT2D eigenvalue weighted by atomic mass is 19.4. The summed E-state index contributed by atoms with van der Waals surface area (Å²) < 4.78 is 42.7. The summed E-state index contributed by atoms with van der Waals surface area (Å²) in [5.74, 6) is -0.112. The molecule has 0 aliphatic heterocycles. The molecule has 2 atom stereocenters. The van der Waals surface area contributed by atoms with Gasteiger partial charge in [-0.25, -0.2) is 0 Å². The summed E-state index contributed by atoms with van der Waals surface area (Å²) in [5, 5.41) is 2.84. The van der Waals surface area contributed by atoms with Gasteiger partial charge in [0, 0.05) is 25.7 Å². The first-order chi connectivity index (χ1) is 10.4. The van der Waals surface area contributed by atoms with Gasteiger partial charge in [-0.2, -0.15) is 13.2 Å². The third kappa shape index (κ3) is 4.47.